The van der Waals surface area contributed by atoms with Crippen molar-refractivity contribution < 1.29 is 0 Å². The number of nitrogens with two attached hydrogens (primary N) is 1. The number of rotatable bonds is 2. The second-order valence-corrected chi connectivity index (χ2v) is 4.48. The fourth-order valence-electron chi connectivity index (χ4n) is 2.21. The summed E-state index contributed by atoms with van der Waals surface area (Å²) in [4.78, 5) is 11.1. The molecule has 3 heterocycles. The van der Waals surface area contributed by atoms with Gasteiger partial charge >= 0.3 is 0 Å². The molecule has 0 unspecified atom stereocenters. The van der Waals surface area contributed by atoms with Crippen molar-refractivity contribution in [3.63, 3.8) is 0 Å². The quantitative estimate of drug-likeness (QED) is 0.837. The predicted molar refractivity (Wildman–Crippen MR) is 68.6 cm³/mol. The van der Waals surface area contributed by atoms with Crippen LogP contribution in [-0.4, -0.2) is 38.9 Å². The molecule has 1 saturated heterocycles. The number of hydrogen-bond donors (Lipinski definition) is 1. The third kappa shape index (κ3) is 2.06. The summed E-state index contributed by atoms with van der Waals surface area (Å²) >= 11 is 0. The van der Waals surface area contributed by atoms with E-state index in [1.165, 1.54) is 0 Å². The average Bonchev–Trinajstić information content (AvgIpc) is 2.93. The maximum atomic E-state index is 5.93. The lowest BCUT2D eigenvalue weighted by atomic mass is 10.1. The van der Waals surface area contributed by atoms with Gasteiger partial charge < -0.3 is 10.6 Å². The van der Waals surface area contributed by atoms with Crippen molar-refractivity contribution in [2.75, 3.05) is 18.0 Å². The molecule has 1 fully saturated rings. The van der Waals surface area contributed by atoms with Crippen molar-refractivity contribution in [1.29, 1.82) is 0 Å². The van der Waals surface area contributed by atoms with E-state index in [1.807, 2.05) is 12.3 Å². The van der Waals surface area contributed by atoms with Crippen LogP contribution in [0.15, 0.2) is 30.9 Å². The molecule has 6 nitrogen and oxygen atoms in total. The Kier molecular flexibility index (Phi) is 2.93. The lowest BCUT2D eigenvalue weighted by Crippen LogP contribution is -2.40. The second-order valence-electron chi connectivity index (χ2n) is 4.48. The number of hydrogen-bond acceptors (Lipinski definition) is 5. The van der Waals surface area contributed by atoms with E-state index in [-0.39, 0.29) is 0 Å². The molecule has 0 atom stereocenters. The molecule has 1 aliphatic rings. The molecule has 2 aromatic heterocycles. The predicted octanol–water partition coefficient (Wildman–Crippen LogP) is 0.590. The van der Waals surface area contributed by atoms with Gasteiger partial charge in [-0.05, 0) is 18.9 Å². The van der Waals surface area contributed by atoms with E-state index in [2.05, 4.69) is 20.0 Å². The Morgan fingerprint density at radius 3 is 2.44 bits per heavy atom. The maximum absolute atomic E-state index is 5.93. The van der Waals surface area contributed by atoms with Gasteiger partial charge in [-0.3, -0.25) is 0 Å². The fourth-order valence-corrected chi connectivity index (χ4v) is 2.21. The van der Waals surface area contributed by atoms with Gasteiger partial charge in [-0.1, -0.05) is 0 Å². The molecule has 0 saturated carbocycles. The van der Waals surface area contributed by atoms with Gasteiger partial charge in [0.1, 0.15) is 0 Å². The topological polar surface area (TPSA) is 72.9 Å². The van der Waals surface area contributed by atoms with Gasteiger partial charge in [0.2, 0.25) is 0 Å². The Morgan fingerprint density at radius 2 is 1.78 bits per heavy atom. The molecular formula is C12H16N6. The fraction of sp³-hybridized carbons (Fsp3) is 0.417. The number of piperidine rings is 1. The minimum Gasteiger partial charge on any atom is -0.353 e. The molecule has 0 radical (unpaired) electrons. The first-order chi connectivity index (χ1) is 8.84. The van der Waals surface area contributed by atoms with Crippen LogP contribution < -0.4 is 10.6 Å². The summed E-state index contributed by atoms with van der Waals surface area (Å²) in [5.74, 6) is 1.66. The van der Waals surface area contributed by atoms with E-state index in [9.17, 15) is 0 Å². The van der Waals surface area contributed by atoms with E-state index < -0.39 is 0 Å². The molecule has 6 heteroatoms. The van der Waals surface area contributed by atoms with Gasteiger partial charge in [-0.2, -0.15) is 5.10 Å². The van der Waals surface area contributed by atoms with Crippen LogP contribution in [0, 0.1) is 0 Å². The van der Waals surface area contributed by atoms with Crippen molar-refractivity contribution in [3.05, 3.63) is 30.9 Å². The number of anilines is 1. The first-order valence-electron chi connectivity index (χ1n) is 6.16. The van der Waals surface area contributed by atoms with Crippen LogP contribution in [0.1, 0.15) is 12.8 Å². The molecule has 2 aromatic rings. The normalized spacial score (nSPS) is 17.1. The molecule has 94 valence electrons. The summed E-state index contributed by atoms with van der Waals surface area (Å²) in [5, 5.41) is 4.22. The zero-order valence-corrected chi connectivity index (χ0v) is 10.1. The summed E-state index contributed by atoms with van der Waals surface area (Å²) in [7, 11) is 0. The summed E-state index contributed by atoms with van der Waals surface area (Å²) in [6, 6.07) is 2.19. The summed E-state index contributed by atoms with van der Waals surface area (Å²) in [6.07, 6.45) is 9.02. The van der Waals surface area contributed by atoms with E-state index in [0.29, 0.717) is 6.04 Å². The SMILES string of the molecule is NC1CCN(c2nccnc2-n2cccn2)CC1. The van der Waals surface area contributed by atoms with Gasteiger partial charge in [0.05, 0.1) is 0 Å². The maximum Gasteiger partial charge on any atom is 0.196 e. The highest BCUT2D eigenvalue weighted by atomic mass is 15.3. The summed E-state index contributed by atoms with van der Waals surface area (Å²) in [5.41, 5.74) is 5.93. The molecule has 2 N–H and O–H groups in total. The monoisotopic (exact) mass is 244 g/mol. The standard InChI is InChI=1S/C12H16N6/c13-10-2-8-17(9-3-10)11-12(15-6-5-14-11)18-7-1-4-16-18/h1,4-7,10H,2-3,8-9,13H2. The molecule has 0 bridgehead atoms. The Balaban J connectivity index is 1.92. The Labute approximate surface area is 105 Å². The van der Waals surface area contributed by atoms with Crippen molar-refractivity contribution in [1.82, 2.24) is 19.7 Å². The number of aromatic nitrogens is 4. The highest BCUT2D eigenvalue weighted by Crippen LogP contribution is 2.21. The van der Waals surface area contributed by atoms with Gasteiger partial charge in [0.25, 0.3) is 0 Å². The van der Waals surface area contributed by atoms with Crippen molar-refractivity contribution in [2.45, 2.75) is 18.9 Å². The minimum absolute atomic E-state index is 0.311. The van der Waals surface area contributed by atoms with Crippen molar-refractivity contribution >= 4 is 5.82 Å². The first kappa shape index (κ1) is 11.2. The first-order valence-corrected chi connectivity index (χ1v) is 6.16. The van der Waals surface area contributed by atoms with Crippen LogP contribution in [0.3, 0.4) is 0 Å². The van der Waals surface area contributed by atoms with E-state index >= 15 is 0 Å². The smallest absolute Gasteiger partial charge is 0.196 e. The lowest BCUT2D eigenvalue weighted by molar-refractivity contribution is 0.497. The molecule has 0 amide bonds. The third-order valence-corrected chi connectivity index (χ3v) is 3.22. The van der Waals surface area contributed by atoms with E-state index in [4.69, 9.17) is 5.73 Å². The molecule has 3 rings (SSSR count). The van der Waals surface area contributed by atoms with Crippen LogP contribution >= 0.6 is 0 Å². The molecule has 0 aromatic carbocycles. The largest absolute Gasteiger partial charge is 0.353 e. The minimum atomic E-state index is 0.311. The van der Waals surface area contributed by atoms with Gasteiger partial charge in [0.15, 0.2) is 11.6 Å². The second kappa shape index (κ2) is 4.73. The van der Waals surface area contributed by atoms with Gasteiger partial charge in [-0.25, -0.2) is 14.6 Å². The zero-order valence-electron chi connectivity index (χ0n) is 10.1. The van der Waals surface area contributed by atoms with Crippen LogP contribution in [0.2, 0.25) is 0 Å². The van der Waals surface area contributed by atoms with Crippen LogP contribution in [0.25, 0.3) is 5.82 Å². The van der Waals surface area contributed by atoms with Gasteiger partial charge in [0, 0.05) is 43.9 Å². The van der Waals surface area contributed by atoms with Crippen LogP contribution in [0.5, 0.6) is 0 Å². The Morgan fingerprint density at radius 1 is 1.06 bits per heavy atom. The highest BCUT2D eigenvalue weighted by molar-refractivity contribution is 5.52. The van der Waals surface area contributed by atoms with E-state index in [0.717, 1.165) is 37.6 Å². The number of nitrogens with zero attached hydrogens (tertiary/aromatic N) is 5. The summed E-state index contributed by atoms with van der Waals surface area (Å²) < 4.78 is 1.75. The molecule has 0 aliphatic carbocycles. The van der Waals surface area contributed by atoms with Crippen LogP contribution in [-0.2, 0) is 0 Å². The Hall–Kier alpha value is -1.95. The molecule has 1 aliphatic heterocycles. The van der Waals surface area contributed by atoms with E-state index in [1.54, 1.807) is 23.3 Å². The third-order valence-electron chi connectivity index (χ3n) is 3.22. The summed E-state index contributed by atoms with van der Waals surface area (Å²) in [6.45, 7) is 1.85. The average molecular weight is 244 g/mol. The molecule has 18 heavy (non-hydrogen) atoms. The van der Waals surface area contributed by atoms with Crippen molar-refractivity contribution in [3.8, 4) is 5.82 Å². The molecule has 0 spiro atoms. The van der Waals surface area contributed by atoms with Gasteiger partial charge in [-0.15, -0.1) is 0 Å². The molecular weight excluding hydrogens is 228 g/mol. The zero-order chi connectivity index (χ0) is 12.4. The highest BCUT2D eigenvalue weighted by Gasteiger charge is 2.20. The van der Waals surface area contributed by atoms with Crippen LogP contribution in [0.4, 0.5) is 5.82 Å². The van der Waals surface area contributed by atoms with Crippen molar-refractivity contribution in [2.24, 2.45) is 5.73 Å². The Bertz CT molecular complexity index is 501. The lowest BCUT2D eigenvalue weighted by Gasteiger charge is -2.31.